The average molecular weight is 291 g/mol. The van der Waals surface area contributed by atoms with Gasteiger partial charge in [-0.1, -0.05) is 31.4 Å². The molecule has 0 radical (unpaired) electrons. The normalized spacial score (nSPS) is 16.1. The maximum atomic E-state index is 10.9. The van der Waals surface area contributed by atoms with Gasteiger partial charge in [0.1, 0.15) is 5.69 Å². The molecule has 2 rings (SSSR count). The molecular weight excluding hydrogens is 266 g/mol. The lowest BCUT2D eigenvalue weighted by atomic mass is 9.94. The van der Waals surface area contributed by atoms with Gasteiger partial charge in [0.05, 0.1) is 4.92 Å². The minimum absolute atomic E-state index is 0.151. The second-order valence-corrected chi connectivity index (χ2v) is 5.83. The van der Waals surface area contributed by atoms with Crippen molar-refractivity contribution in [2.45, 2.75) is 44.6 Å². The summed E-state index contributed by atoms with van der Waals surface area (Å²) in [6, 6.07) is 7.55. The number of nitrogens with zero attached hydrogens (tertiary/aromatic N) is 2. The summed E-state index contributed by atoms with van der Waals surface area (Å²) in [4.78, 5) is 13.0. The Morgan fingerprint density at radius 2 is 2.00 bits per heavy atom. The lowest BCUT2D eigenvalue weighted by Crippen LogP contribution is -2.34. The molecule has 0 unspecified atom stereocenters. The van der Waals surface area contributed by atoms with E-state index in [1.807, 2.05) is 6.07 Å². The van der Waals surface area contributed by atoms with Crippen LogP contribution < -0.4 is 5.32 Å². The van der Waals surface area contributed by atoms with Crippen LogP contribution in [0.4, 0.5) is 11.4 Å². The molecule has 116 valence electrons. The molecule has 5 heteroatoms. The highest BCUT2D eigenvalue weighted by atomic mass is 16.6. The second kappa shape index (κ2) is 7.98. The largest absolute Gasteiger partial charge is 0.379 e. The number of para-hydroxylation sites is 2. The van der Waals surface area contributed by atoms with Crippen LogP contribution in [0.2, 0.25) is 0 Å². The van der Waals surface area contributed by atoms with Crippen LogP contribution in [0.15, 0.2) is 24.3 Å². The van der Waals surface area contributed by atoms with Gasteiger partial charge in [-0.15, -0.1) is 0 Å². The molecule has 0 heterocycles. The first kappa shape index (κ1) is 15.8. The van der Waals surface area contributed by atoms with Gasteiger partial charge in [0.15, 0.2) is 0 Å². The van der Waals surface area contributed by atoms with Crippen LogP contribution in [0.25, 0.3) is 0 Å². The van der Waals surface area contributed by atoms with Crippen molar-refractivity contribution in [1.29, 1.82) is 0 Å². The summed E-state index contributed by atoms with van der Waals surface area (Å²) in [7, 11) is 2.20. The molecule has 0 bridgehead atoms. The molecule has 0 aromatic heterocycles. The van der Waals surface area contributed by atoms with Gasteiger partial charge < -0.3 is 10.2 Å². The zero-order valence-corrected chi connectivity index (χ0v) is 12.8. The first-order chi connectivity index (χ1) is 10.2. The monoisotopic (exact) mass is 291 g/mol. The zero-order valence-electron chi connectivity index (χ0n) is 12.8. The van der Waals surface area contributed by atoms with Gasteiger partial charge in [-0.3, -0.25) is 10.1 Å². The van der Waals surface area contributed by atoms with E-state index < -0.39 is 0 Å². The van der Waals surface area contributed by atoms with E-state index in [-0.39, 0.29) is 10.6 Å². The Labute approximate surface area is 126 Å². The molecule has 1 aromatic rings. The van der Waals surface area contributed by atoms with E-state index >= 15 is 0 Å². The van der Waals surface area contributed by atoms with E-state index in [2.05, 4.69) is 17.3 Å². The topological polar surface area (TPSA) is 58.4 Å². The molecule has 1 aliphatic rings. The standard InChI is InChI=1S/C16H25N3O2/c1-18(14-8-3-2-4-9-14)13-7-12-17-15-10-5-6-11-16(15)19(20)21/h5-6,10-11,14,17H,2-4,7-9,12-13H2,1H3. The van der Waals surface area contributed by atoms with Crippen molar-refractivity contribution >= 4 is 11.4 Å². The Morgan fingerprint density at radius 1 is 1.29 bits per heavy atom. The second-order valence-electron chi connectivity index (χ2n) is 5.83. The maximum absolute atomic E-state index is 10.9. The van der Waals surface area contributed by atoms with Gasteiger partial charge in [-0.25, -0.2) is 0 Å². The molecule has 0 atom stereocenters. The Bertz CT molecular complexity index is 459. The van der Waals surface area contributed by atoms with E-state index in [1.54, 1.807) is 12.1 Å². The number of nitro groups is 1. The minimum Gasteiger partial charge on any atom is -0.379 e. The molecule has 0 spiro atoms. The predicted molar refractivity (Wildman–Crippen MR) is 85.7 cm³/mol. The van der Waals surface area contributed by atoms with Crippen molar-refractivity contribution in [3.63, 3.8) is 0 Å². The molecule has 0 amide bonds. The summed E-state index contributed by atoms with van der Waals surface area (Å²) in [5.74, 6) is 0. The van der Waals surface area contributed by atoms with Gasteiger partial charge in [0.2, 0.25) is 0 Å². The van der Waals surface area contributed by atoms with E-state index in [0.29, 0.717) is 5.69 Å². The number of hydrogen-bond donors (Lipinski definition) is 1. The summed E-state index contributed by atoms with van der Waals surface area (Å²) in [5.41, 5.74) is 0.765. The third kappa shape index (κ3) is 4.70. The number of nitro benzene ring substituents is 1. The number of hydrogen-bond acceptors (Lipinski definition) is 4. The zero-order chi connectivity index (χ0) is 15.1. The summed E-state index contributed by atoms with van der Waals surface area (Å²) >= 11 is 0. The van der Waals surface area contributed by atoms with Gasteiger partial charge in [0.25, 0.3) is 5.69 Å². The third-order valence-electron chi connectivity index (χ3n) is 4.30. The molecule has 5 nitrogen and oxygen atoms in total. The number of benzene rings is 1. The fourth-order valence-electron chi connectivity index (χ4n) is 3.04. The first-order valence-electron chi connectivity index (χ1n) is 7.86. The predicted octanol–water partition coefficient (Wildman–Crippen LogP) is 3.66. The van der Waals surface area contributed by atoms with Crippen LogP contribution in [0.1, 0.15) is 38.5 Å². The van der Waals surface area contributed by atoms with Crippen LogP contribution in [0.5, 0.6) is 0 Å². The lowest BCUT2D eigenvalue weighted by Gasteiger charge is -2.31. The molecule has 1 N–H and O–H groups in total. The van der Waals surface area contributed by atoms with E-state index in [9.17, 15) is 10.1 Å². The van der Waals surface area contributed by atoms with E-state index in [4.69, 9.17) is 0 Å². The van der Waals surface area contributed by atoms with Crippen molar-refractivity contribution in [3.05, 3.63) is 34.4 Å². The smallest absolute Gasteiger partial charge is 0.292 e. The number of nitrogens with one attached hydrogen (secondary N) is 1. The van der Waals surface area contributed by atoms with E-state index in [1.165, 1.54) is 38.2 Å². The van der Waals surface area contributed by atoms with Crippen LogP contribution in [0, 0.1) is 10.1 Å². The third-order valence-corrected chi connectivity index (χ3v) is 4.30. The fourth-order valence-corrected chi connectivity index (χ4v) is 3.04. The lowest BCUT2D eigenvalue weighted by molar-refractivity contribution is -0.384. The molecule has 1 saturated carbocycles. The molecular formula is C16H25N3O2. The van der Waals surface area contributed by atoms with Crippen LogP contribution in [-0.4, -0.2) is 36.0 Å². The molecule has 1 fully saturated rings. The SMILES string of the molecule is CN(CCCNc1ccccc1[N+](=O)[O-])C1CCCCC1. The highest BCUT2D eigenvalue weighted by molar-refractivity contribution is 5.60. The van der Waals surface area contributed by atoms with Crippen molar-refractivity contribution < 1.29 is 4.92 Å². The Kier molecular flexibility index (Phi) is 5.99. The summed E-state index contributed by atoms with van der Waals surface area (Å²) < 4.78 is 0. The highest BCUT2D eigenvalue weighted by Crippen LogP contribution is 2.23. The van der Waals surface area contributed by atoms with Crippen LogP contribution in [-0.2, 0) is 0 Å². The van der Waals surface area contributed by atoms with Crippen molar-refractivity contribution in [2.24, 2.45) is 0 Å². The fraction of sp³-hybridized carbons (Fsp3) is 0.625. The molecule has 1 aromatic carbocycles. The highest BCUT2D eigenvalue weighted by Gasteiger charge is 2.17. The number of rotatable bonds is 7. The summed E-state index contributed by atoms with van der Waals surface area (Å²) in [6.07, 6.45) is 7.71. The van der Waals surface area contributed by atoms with Gasteiger partial charge in [0, 0.05) is 18.7 Å². The van der Waals surface area contributed by atoms with Gasteiger partial charge >= 0.3 is 0 Å². The molecule has 0 aliphatic heterocycles. The van der Waals surface area contributed by atoms with E-state index in [0.717, 1.165) is 25.6 Å². The molecule has 21 heavy (non-hydrogen) atoms. The van der Waals surface area contributed by atoms with Crippen molar-refractivity contribution in [2.75, 3.05) is 25.5 Å². The summed E-state index contributed by atoms with van der Waals surface area (Å²) in [6.45, 7) is 1.81. The molecule has 1 aliphatic carbocycles. The maximum Gasteiger partial charge on any atom is 0.292 e. The van der Waals surface area contributed by atoms with Gasteiger partial charge in [-0.2, -0.15) is 0 Å². The number of anilines is 1. The van der Waals surface area contributed by atoms with Crippen LogP contribution >= 0.6 is 0 Å². The Hall–Kier alpha value is -1.62. The Morgan fingerprint density at radius 3 is 2.71 bits per heavy atom. The van der Waals surface area contributed by atoms with Crippen LogP contribution in [0.3, 0.4) is 0 Å². The Balaban J connectivity index is 1.73. The first-order valence-corrected chi connectivity index (χ1v) is 7.86. The minimum atomic E-state index is -0.337. The molecule has 0 saturated heterocycles. The van der Waals surface area contributed by atoms with Gasteiger partial charge in [-0.05, 0) is 38.9 Å². The van der Waals surface area contributed by atoms with Crippen molar-refractivity contribution in [1.82, 2.24) is 4.90 Å². The quantitative estimate of drug-likeness (QED) is 0.473. The van der Waals surface area contributed by atoms with Crippen molar-refractivity contribution in [3.8, 4) is 0 Å². The average Bonchev–Trinajstić information content (AvgIpc) is 2.52. The summed E-state index contributed by atoms with van der Waals surface area (Å²) in [5, 5.41) is 14.1.